The Kier molecular flexibility index (Phi) is 2.63. The first-order valence-corrected chi connectivity index (χ1v) is 6.25. The SMILES string of the molecule is NC1CCc2onc(C(=O)NCC3CC3)c2C1. The fraction of sp³-hybridized carbons (Fsp3) is 0.667. The smallest absolute Gasteiger partial charge is 0.273 e. The second-order valence-electron chi connectivity index (χ2n) is 5.09. The quantitative estimate of drug-likeness (QED) is 0.805. The molecule has 3 rings (SSSR count). The molecule has 3 N–H and O–H groups in total. The van der Waals surface area contributed by atoms with E-state index < -0.39 is 0 Å². The van der Waals surface area contributed by atoms with E-state index >= 15 is 0 Å². The van der Waals surface area contributed by atoms with E-state index in [4.69, 9.17) is 10.3 Å². The average Bonchev–Trinajstić information content (AvgIpc) is 3.05. The Bertz CT molecular complexity index is 437. The number of hydrogen-bond acceptors (Lipinski definition) is 4. The standard InChI is InChI=1S/C12H17N3O2/c13-8-3-4-10-9(5-8)11(15-17-10)12(16)14-6-7-1-2-7/h7-8H,1-6,13H2,(H,14,16). The third-order valence-corrected chi connectivity index (χ3v) is 3.54. The van der Waals surface area contributed by atoms with Gasteiger partial charge >= 0.3 is 0 Å². The van der Waals surface area contributed by atoms with E-state index in [1.165, 1.54) is 12.8 Å². The van der Waals surface area contributed by atoms with Crippen LogP contribution in [0.4, 0.5) is 0 Å². The molecule has 1 amide bonds. The minimum atomic E-state index is -0.115. The van der Waals surface area contributed by atoms with E-state index in [2.05, 4.69) is 10.5 Å². The molecular formula is C12H17N3O2. The second kappa shape index (κ2) is 4.14. The molecule has 92 valence electrons. The van der Waals surface area contributed by atoms with Crippen LogP contribution in [-0.4, -0.2) is 23.7 Å². The topological polar surface area (TPSA) is 81.2 Å². The number of nitrogens with two attached hydrogens (primary N) is 1. The van der Waals surface area contributed by atoms with Gasteiger partial charge in [-0.05, 0) is 31.6 Å². The molecule has 0 bridgehead atoms. The van der Waals surface area contributed by atoms with Gasteiger partial charge in [-0.1, -0.05) is 5.16 Å². The van der Waals surface area contributed by atoms with Crippen molar-refractivity contribution in [3.63, 3.8) is 0 Å². The summed E-state index contributed by atoms with van der Waals surface area (Å²) in [5, 5.41) is 6.80. The van der Waals surface area contributed by atoms with Crippen LogP contribution in [0.2, 0.25) is 0 Å². The number of carbonyl (C=O) groups excluding carboxylic acids is 1. The highest BCUT2D eigenvalue weighted by atomic mass is 16.5. The molecule has 0 aromatic carbocycles. The van der Waals surface area contributed by atoms with Crippen LogP contribution < -0.4 is 11.1 Å². The highest BCUT2D eigenvalue weighted by molar-refractivity contribution is 5.93. The van der Waals surface area contributed by atoms with Crippen molar-refractivity contribution in [2.75, 3.05) is 6.54 Å². The van der Waals surface area contributed by atoms with E-state index in [9.17, 15) is 4.79 Å². The van der Waals surface area contributed by atoms with Gasteiger partial charge in [0.25, 0.3) is 5.91 Å². The fourth-order valence-corrected chi connectivity index (χ4v) is 2.25. The van der Waals surface area contributed by atoms with E-state index in [1.807, 2.05) is 0 Å². The predicted molar refractivity (Wildman–Crippen MR) is 61.6 cm³/mol. The maximum absolute atomic E-state index is 11.9. The van der Waals surface area contributed by atoms with Gasteiger partial charge in [-0.2, -0.15) is 0 Å². The van der Waals surface area contributed by atoms with Gasteiger partial charge in [0.05, 0.1) is 0 Å². The summed E-state index contributed by atoms with van der Waals surface area (Å²) in [6, 6.07) is 0.122. The molecule has 5 nitrogen and oxygen atoms in total. The molecular weight excluding hydrogens is 218 g/mol. The van der Waals surface area contributed by atoms with Crippen LogP contribution in [0.5, 0.6) is 0 Å². The minimum absolute atomic E-state index is 0.115. The fourth-order valence-electron chi connectivity index (χ4n) is 2.25. The molecule has 0 radical (unpaired) electrons. The van der Waals surface area contributed by atoms with Crippen molar-refractivity contribution in [2.45, 2.75) is 38.1 Å². The maximum atomic E-state index is 11.9. The average molecular weight is 235 g/mol. The molecule has 1 heterocycles. The highest BCUT2D eigenvalue weighted by Gasteiger charge is 2.28. The summed E-state index contributed by atoms with van der Waals surface area (Å²) in [5.74, 6) is 1.39. The Morgan fingerprint density at radius 1 is 1.47 bits per heavy atom. The lowest BCUT2D eigenvalue weighted by Crippen LogP contribution is -2.31. The molecule has 2 aliphatic rings. The van der Waals surface area contributed by atoms with E-state index in [0.29, 0.717) is 18.0 Å². The molecule has 0 saturated heterocycles. The molecule has 1 fully saturated rings. The molecule has 0 aliphatic heterocycles. The Hall–Kier alpha value is -1.36. The Morgan fingerprint density at radius 3 is 3.06 bits per heavy atom. The number of amides is 1. The summed E-state index contributed by atoms with van der Waals surface area (Å²) in [6.07, 6.45) is 4.85. The highest BCUT2D eigenvalue weighted by Crippen LogP contribution is 2.28. The number of fused-ring (bicyclic) bond motifs is 1. The molecule has 1 atom stereocenters. The van der Waals surface area contributed by atoms with Crippen LogP contribution in [0.15, 0.2) is 4.52 Å². The molecule has 1 saturated carbocycles. The normalized spacial score (nSPS) is 23.2. The molecule has 5 heteroatoms. The van der Waals surface area contributed by atoms with Gasteiger partial charge in [0.15, 0.2) is 5.69 Å². The Balaban J connectivity index is 1.73. The van der Waals surface area contributed by atoms with Crippen molar-refractivity contribution >= 4 is 5.91 Å². The van der Waals surface area contributed by atoms with E-state index in [1.54, 1.807) is 0 Å². The van der Waals surface area contributed by atoms with Gasteiger partial charge in [0.1, 0.15) is 5.76 Å². The van der Waals surface area contributed by atoms with Crippen LogP contribution in [0.25, 0.3) is 0 Å². The predicted octanol–water partition coefficient (Wildman–Crippen LogP) is 0.630. The van der Waals surface area contributed by atoms with Crippen LogP contribution in [0.3, 0.4) is 0 Å². The summed E-state index contributed by atoms with van der Waals surface area (Å²) in [4.78, 5) is 11.9. The van der Waals surface area contributed by atoms with Gasteiger partial charge in [0, 0.05) is 24.6 Å². The van der Waals surface area contributed by atoms with Crippen molar-refractivity contribution in [1.29, 1.82) is 0 Å². The summed E-state index contributed by atoms with van der Waals surface area (Å²) in [5.41, 5.74) is 7.26. The Labute approximate surface area is 99.7 Å². The van der Waals surface area contributed by atoms with Crippen LogP contribution >= 0.6 is 0 Å². The van der Waals surface area contributed by atoms with Crippen LogP contribution in [0.1, 0.15) is 41.1 Å². The molecule has 1 aromatic heterocycles. The molecule has 1 aromatic rings. The van der Waals surface area contributed by atoms with Gasteiger partial charge in [-0.3, -0.25) is 4.79 Å². The zero-order valence-electron chi connectivity index (χ0n) is 9.74. The van der Waals surface area contributed by atoms with E-state index in [-0.39, 0.29) is 11.9 Å². The van der Waals surface area contributed by atoms with Gasteiger partial charge in [-0.15, -0.1) is 0 Å². The van der Waals surface area contributed by atoms with Crippen molar-refractivity contribution in [1.82, 2.24) is 10.5 Å². The number of nitrogens with one attached hydrogen (secondary N) is 1. The summed E-state index contributed by atoms with van der Waals surface area (Å²) in [6.45, 7) is 0.756. The van der Waals surface area contributed by atoms with Gasteiger partial charge in [0.2, 0.25) is 0 Å². The van der Waals surface area contributed by atoms with Crippen LogP contribution in [-0.2, 0) is 12.8 Å². The lowest BCUT2D eigenvalue weighted by Gasteiger charge is -2.16. The number of rotatable bonds is 3. The zero-order valence-corrected chi connectivity index (χ0v) is 9.74. The van der Waals surface area contributed by atoms with Crippen LogP contribution in [0, 0.1) is 5.92 Å². The van der Waals surface area contributed by atoms with Crippen molar-refractivity contribution in [3.05, 3.63) is 17.0 Å². The first-order valence-electron chi connectivity index (χ1n) is 6.25. The molecule has 17 heavy (non-hydrogen) atoms. The lowest BCUT2D eigenvalue weighted by atomic mass is 9.92. The molecule has 0 spiro atoms. The van der Waals surface area contributed by atoms with Gasteiger partial charge < -0.3 is 15.6 Å². The minimum Gasteiger partial charge on any atom is -0.360 e. The third kappa shape index (κ3) is 2.20. The maximum Gasteiger partial charge on any atom is 0.273 e. The number of aromatic nitrogens is 1. The summed E-state index contributed by atoms with van der Waals surface area (Å²) >= 11 is 0. The Morgan fingerprint density at radius 2 is 2.29 bits per heavy atom. The largest absolute Gasteiger partial charge is 0.360 e. The summed E-state index contributed by atoms with van der Waals surface area (Å²) in [7, 11) is 0. The first kappa shape index (κ1) is 10.8. The van der Waals surface area contributed by atoms with Crippen molar-refractivity contribution in [3.8, 4) is 0 Å². The molecule has 1 unspecified atom stereocenters. The lowest BCUT2D eigenvalue weighted by molar-refractivity contribution is 0.0942. The zero-order chi connectivity index (χ0) is 11.8. The number of carbonyl (C=O) groups is 1. The summed E-state index contributed by atoms with van der Waals surface area (Å²) < 4.78 is 5.21. The molecule has 2 aliphatic carbocycles. The van der Waals surface area contributed by atoms with Crippen molar-refractivity contribution < 1.29 is 9.32 Å². The number of hydrogen-bond donors (Lipinski definition) is 2. The number of aryl methyl sites for hydroxylation is 1. The second-order valence-corrected chi connectivity index (χ2v) is 5.09. The first-order chi connectivity index (χ1) is 8.24. The third-order valence-electron chi connectivity index (χ3n) is 3.54. The van der Waals surface area contributed by atoms with Crippen molar-refractivity contribution in [2.24, 2.45) is 11.7 Å². The van der Waals surface area contributed by atoms with Gasteiger partial charge in [-0.25, -0.2) is 0 Å². The van der Waals surface area contributed by atoms with E-state index in [0.717, 1.165) is 30.7 Å². The number of nitrogens with zero attached hydrogens (tertiary/aromatic N) is 1. The monoisotopic (exact) mass is 235 g/mol.